The zero-order valence-corrected chi connectivity index (χ0v) is 24.7. The Labute approximate surface area is 253 Å². The molecule has 0 saturated carbocycles. The van der Waals surface area contributed by atoms with Gasteiger partial charge in [-0.25, -0.2) is 19.0 Å². The SMILES string of the molecule is CC(C)(CN1CCNCC1)C(=O)ON1CCN(c2ccc(-c3cc(-c4cnn(C(F)F)c4)cn4ncc(C#N)c34)cn2)CC1. The summed E-state index contributed by atoms with van der Waals surface area (Å²) < 4.78 is 28.5. The van der Waals surface area contributed by atoms with Crippen molar-refractivity contribution in [2.24, 2.45) is 5.41 Å². The number of hydrogen-bond acceptors (Lipinski definition) is 10. The Morgan fingerprint density at radius 3 is 2.45 bits per heavy atom. The summed E-state index contributed by atoms with van der Waals surface area (Å²) in [5.74, 6) is 0.553. The molecule has 0 bridgehead atoms. The number of piperazine rings is 2. The van der Waals surface area contributed by atoms with Gasteiger partial charge in [0.25, 0.3) is 0 Å². The molecular formula is C30H34F2N10O2. The normalized spacial score (nSPS) is 16.9. The van der Waals surface area contributed by atoms with Crippen LogP contribution in [0.25, 0.3) is 27.8 Å². The van der Waals surface area contributed by atoms with Gasteiger partial charge in [0.05, 0.1) is 42.0 Å². The van der Waals surface area contributed by atoms with Crippen molar-refractivity contribution < 1.29 is 18.4 Å². The number of anilines is 1. The lowest BCUT2D eigenvalue weighted by Crippen LogP contribution is -2.51. The molecule has 2 aliphatic heterocycles. The van der Waals surface area contributed by atoms with Crippen LogP contribution >= 0.6 is 0 Å². The van der Waals surface area contributed by atoms with E-state index in [4.69, 9.17) is 9.82 Å². The third-order valence-electron chi connectivity index (χ3n) is 8.08. The van der Waals surface area contributed by atoms with Gasteiger partial charge >= 0.3 is 12.5 Å². The second-order valence-electron chi connectivity index (χ2n) is 11.7. The summed E-state index contributed by atoms with van der Waals surface area (Å²) in [6, 6.07) is 7.84. The molecule has 6 heterocycles. The molecule has 0 radical (unpaired) electrons. The third-order valence-corrected chi connectivity index (χ3v) is 8.08. The number of fused-ring (bicyclic) bond motifs is 1. The molecule has 0 unspecified atom stereocenters. The highest BCUT2D eigenvalue weighted by atomic mass is 19.3. The fraction of sp³-hybridized carbons (Fsp3) is 0.433. The van der Waals surface area contributed by atoms with E-state index in [0.29, 0.717) is 65.2 Å². The quantitative estimate of drug-likeness (QED) is 0.321. The number of aromatic nitrogens is 5. The van der Waals surface area contributed by atoms with Crippen molar-refractivity contribution in [3.8, 4) is 28.3 Å². The lowest BCUT2D eigenvalue weighted by atomic mass is 9.93. The minimum atomic E-state index is -2.75. The molecule has 230 valence electrons. The van der Waals surface area contributed by atoms with E-state index in [1.54, 1.807) is 22.0 Å². The Morgan fingerprint density at radius 1 is 1.02 bits per heavy atom. The van der Waals surface area contributed by atoms with Gasteiger partial charge in [-0.1, -0.05) is 0 Å². The topological polar surface area (TPSA) is 120 Å². The van der Waals surface area contributed by atoms with E-state index in [2.05, 4.69) is 31.4 Å². The molecule has 14 heteroatoms. The van der Waals surface area contributed by atoms with Crippen LogP contribution in [0.15, 0.2) is 49.2 Å². The van der Waals surface area contributed by atoms with Gasteiger partial charge in [-0.2, -0.15) is 24.2 Å². The predicted octanol–water partition coefficient (Wildman–Crippen LogP) is 3.04. The van der Waals surface area contributed by atoms with E-state index in [1.165, 1.54) is 18.6 Å². The molecule has 0 spiro atoms. The summed E-state index contributed by atoms with van der Waals surface area (Å²) in [7, 11) is 0. The Hall–Kier alpha value is -4.45. The molecule has 12 nitrogen and oxygen atoms in total. The summed E-state index contributed by atoms with van der Waals surface area (Å²) >= 11 is 0. The number of carbonyl (C=O) groups is 1. The van der Waals surface area contributed by atoms with Crippen LogP contribution < -0.4 is 10.2 Å². The summed E-state index contributed by atoms with van der Waals surface area (Å²) in [4.78, 5) is 27.9. The molecule has 2 fully saturated rings. The van der Waals surface area contributed by atoms with Crippen molar-refractivity contribution in [1.82, 2.24) is 39.7 Å². The second-order valence-corrected chi connectivity index (χ2v) is 11.7. The van der Waals surface area contributed by atoms with Gasteiger partial charge in [-0.15, -0.1) is 5.06 Å². The highest BCUT2D eigenvalue weighted by Gasteiger charge is 2.34. The van der Waals surface area contributed by atoms with E-state index in [0.717, 1.165) is 37.6 Å². The average molecular weight is 605 g/mol. The predicted molar refractivity (Wildman–Crippen MR) is 159 cm³/mol. The van der Waals surface area contributed by atoms with E-state index in [1.807, 2.05) is 32.0 Å². The third kappa shape index (κ3) is 6.12. The highest BCUT2D eigenvalue weighted by molar-refractivity contribution is 5.87. The maximum absolute atomic E-state index is 13.1. The molecule has 44 heavy (non-hydrogen) atoms. The van der Waals surface area contributed by atoms with E-state index >= 15 is 0 Å². The summed E-state index contributed by atoms with van der Waals surface area (Å²) in [5, 5.41) is 22.8. The van der Waals surface area contributed by atoms with Crippen LogP contribution in [0.5, 0.6) is 0 Å². The number of hydrogen-bond donors (Lipinski definition) is 1. The van der Waals surface area contributed by atoms with Gasteiger partial charge in [0.2, 0.25) is 0 Å². The van der Waals surface area contributed by atoms with E-state index in [9.17, 15) is 18.8 Å². The smallest absolute Gasteiger partial charge is 0.333 e. The van der Waals surface area contributed by atoms with Crippen LogP contribution in [0.2, 0.25) is 0 Å². The number of pyridine rings is 2. The molecule has 0 atom stereocenters. The van der Waals surface area contributed by atoms with E-state index < -0.39 is 12.0 Å². The minimum absolute atomic E-state index is 0.223. The van der Waals surface area contributed by atoms with Gasteiger partial charge in [0, 0.05) is 86.7 Å². The van der Waals surface area contributed by atoms with Crippen molar-refractivity contribution in [3.05, 3.63) is 54.7 Å². The first kappa shape index (κ1) is 29.6. The molecule has 1 N–H and O–H groups in total. The number of alkyl halides is 2. The van der Waals surface area contributed by atoms with Crippen LogP contribution in [-0.4, -0.2) is 99.2 Å². The first-order chi connectivity index (χ1) is 21.2. The van der Waals surface area contributed by atoms with Crippen LogP contribution in [0, 0.1) is 16.7 Å². The zero-order valence-electron chi connectivity index (χ0n) is 24.7. The Morgan fingerprint density at radius 2 is 1.80 bits per heavy atom. The second kappa shape index (κ2) is 12.3. The average Bonchev–Trinajstić information content (AvgIpc) is 3.69. The minimum Gasteiger partial charge on any atom is -0.367 e. The first-order valence-corrected chi connectivity index (χ1v) is 14.6. The standard InChI is InChI=1S/C30H34F2N10O2/c1-30(2,20-38-7-5-34-6-8-38)28(43)44-40-11-9-39(10-12-40)26-4-3-21(15-35-26)25-13-22(24-17-37-42(19-24)29(31)32)18-41-27(25)23(14-33)16-36-41/h3-4,13,15-19,29,34H,5-12,20H2,1-2H3. The monoisotopic (exact) mass is 604 g/mol. The van der Waals surface area contributed by atoms with Gasteiger partial charge in [-0.3, -0.25) is 4.90 Å². The van der Waals surface area contributed by atoms with Crippen LogP contribution in [0.4, 0.5) is 14.6 Å². The highest BCUT2D eigenvalue weighted by Crippen LogP contribution is 2.33. The maximum Gasteiger partial charge on any atom is 0.333 e. The number of halogens is 2. The number of nitrogens with one attached hydrogen (secondary N) is 1. The fourth-order valence-electron chi connectivity index (χ4n) is 5.65. The largest absolute Gasteiger partial charge is 0.367 e. The lowest BCUT2D eigenvalue weighted by Gasteiger charge is -2.37. The van der Waals surface area contributed by atoms with Crippen LogP contribution in [0.3, 0.4) is 0 Å². The number of rotatable bonds is 8. The first-order valence-electron chi connectivity index (χ1n) is 14.6. The summed E-state index contributed by atoms with van der Waals surface area (Å²) in [6.07, 6.45) is 7.54. The number of nitriles is 1. The van der Waals surface area contributed by atoms with Crippen molar-refractivity contribution in [3.63, 3.8) is 0 Å². The van der Waals surface area contributed by atoms with Gasteiger partial charge < -0.3 is 15.1 Å². The van der Waals surface area contributed by atoms with Crippen LogP contribution in [-0.2, 0) is 9.63 Å². The molecular weight excluding hydrogens is 570 g/mol. The fourth-order valence-corrected chi connectivity index (χ4v) is 5.65. The molecule has 4 aromatic heterocycles. The zero-order chi connectivity index (χ0) is 30.8. The molecule has 0 aromatic carbocycles. The summed E-state index contributed by atoms with van der Waals surface area (Å²) in [6.45, 7) is 7.85. The number of hydroxylamine groups is 2. The number of nitrogens with zero attached hydrogens (tertiary/aromatic N) is 9. The van der Waals surface area contributed by atoms with Crippen molar-refractivity contribution in [2.75, 3.05) is 63.8 Å². The van der Waals surface area contributed by atoms with Gasteiger partial charge in [-0.05, 0) is 32.0 Å². The van der Waals surface area contributed by atoms with Crippen molar-refractivity contribution in [2.45, 2.75) is 20.4 Å². The number of carbonyl (C=O) groups excluding carboxylic acids is 1. The molecule has 0 aliphatic carbocycles. The van der Waals surface area contributed by atoms with Crippen molar-refractivity contribution >= 4 is 17.3 Å². The molecule has 6 rings (SSSR count). The lowest BCUT2D eigenvalue weighted by molar-refractivity contribution is -0.203. The maximum atomic E-state index is 13.1. The van der Waals surface area contributed by atoms with E-state index in [-0.39, 0.29) is 5.97 Å². The Bertz CT molecular complexity index is 1660. The Balaban J connectivity index is 1.14. The molecule has 4 aromatic rings. The summed E-state index contributed by atoms with van der Waals surface area (Å²) in [5.41, 5.74) is 2.94. The van der Waals surface area contributed by atoms with Gasteiger partial charge in [0.15, 0.2) is 0 Å². The Kier molecular flexibility index (Phi) is 8.26. The molecule has 0 amide bonds. The van der Waals surface area contributed by atoms with Gasteiger partial charge in [0.1, 0.15) is 11.9 Å². The molecule has 2 saturated heterocycles. The van der Waals surface area contributed by atoms with Crippen LogP contribution in [0.1, 0.15) is 26.0 Å². The van der Waals surface area contributed by atoms with Crippen molar-refractivity contribution in [1.29, 1.82) is 5.26 Å². The molecule has 2 aliphatic rings.